The Hall–Kier alpha value is -0.580. The molecule has 0 spiro atoms. The van der Waals surface area contributed by atoms with Crippen LogP contribution in [0.1, 0.15) is 44.0 Å². The summed E-state index contributed by atoms with van der Waals surface area (Å²) in [7, 11) is 0. The average Bonchev–Trinajstić information content (AvgIpc) is 2.29. The SMILES string of the molecule is CCC(C)CC(C)NC(=O)c1ccccc1I. The fourth-order valence-corrected chi connectivity index (χ4v) is 2.41. The lowest BCUT2D eigenvalue weighted by Gasteiger charge is -2.17. The maximum Gasteiger partial charge on any atom is 0.252 e. The summed E-state index contributed by atoms with van der Waals surface area (Å²) in [5.74, 6) is 0.686. The van der Waals surface area contributed by atoms with Gasteiger partial charge in [0.05, 0.1) is 5.56 Å². The first kappa shape index (κ1) is 14.5. The number of carbonyl (C=O) groups excluding carboxylic acids is 1. The van der Waals surface area contributed by atoms with Gasteiger partial charge >= 0.3 is 0 Å². The molecule has 17 heavy (non-hydrogen) atoms. The highest BCUT2D eigenvalue weighted by Crippen LogP contribution is 2.13. The van der Waals surface area contributed by atoms with E-state index in [9.17, 15) is 4.79 Å². The van der Waals surface area contributed by atoms with E-state index < -0.39 is 0 Å². The molecule has 1 amide bonds. The largest absolute Gasteiger partial charge is 0.350 e. The van der Waals surface area contributed by atoms with Crippen LogP contribution in [0.4, 0.5) is 0 Å². The molecule has 0 saturated heterocycles. The lowest BCUT2D eigenvalue weighted by atomic mass is 10.0. The van der Waals surface area contributed by atoms with E-state index in [4.69, 9.17) is 0 Å². The molecule has 0 saturated carbocycles. The van der Waals surface area contributed by atoms with Crippen molar-refractivity contribution in [1.82, 2.24) is 5.32 Å². The second kappa shape index (κ2) is 6.99. The third kappa shape index (κ3) is 4.66. The predicted molar refractivity (Wildman–Crippen MR) is 80.2 cm³/mol. The second-order valence-electron chi connectivity index (χ2n) is 4.60. The van der Waals surface area contributed by atoms with Crippen LogP contribution in [0.3, 0.4) is 0 Å². The van der Waals surface area contributed by atoms with E-state index in [-0.39, 0.29) is 11.9 Å². The van der Waals surface area contributed by atoms with Crippen LogP contribution in [0.15, 0.2) is 24.3 Å². The molecule has 1 N–H and O–H groups in total. The summed E-state index contributed by atoms with van der Waals surface area (Å²) in [6, 6.07) is 7.90. The van der Waals surface area contributed by atoms with E-state index in [0.29, 0.717) is 5.92 Å². The van der Waals surface area contributed by atoms with Crippen molar-refractivity contribution in [1.29, 1.82) is 0 Å². The molecular weight excluding hydrogens is 325 g/mol. The lowest BCUT2D eigenvalue weighted by Crippen LogP contribution is -2.34. The molecule has 0 aliphatic carbocycles. The van der Waals surface area contributed by atoms with Crippen molar-refractivity contribution in [3.8, 4) is 0 Å². The van der Waals surface area contributed by atoms with Crippen LogP contribution in [-0.4, -0.2) is 11.9 Å². The van der Waals surface area contributed by atoms with Gasteiger partial charge in [-0.2, -0.15) is 0 Å². The molecule has 0 aliphatic rings. The van der Waals surface area contributed by atoms with Crippen molar-refractivity contribution in [2.45, 2.75) is 39.7 Å². The minimum Gasteiger partial charge on any atom is -0.350 e. The quantitative estimate of drug-likeness (QED) is 0.807. The fraction of sp³-hybridized carbons (Fsp3) is 0.500. The minimum atomic E-state index is 0.0332. The van der Waals surface area contributed by atoms with Gasteiger partial charge in [0, 0.05) is 9.61 Å². The average molecular weight is 345 g/mol. The van der Waals surface area contributed by atoms with Crippen LogP contribution in [0.2, 0.25) is 0 Å². The second-order valence-corrected chi connectivity index (χ2v) is 5.77. The molecule has 0 aliphatic heterocycles. The number of rotatable bonds is 5. The number of carbonyl (C=O) groups is 1. The summed E-state index contributed by atoms with van der Waals surface area (Å²) in [5.41, 5.74) is 0.768. The Morgan fingerprint density at radius 2 is 2.00 bits per heavy atom. The van der Waals surface area contributed by atoms with E-state index in [1.54, 1.807) is 0 Å². The molecule has 0 heterocycles. The van der Waals surface area contributed by atoms with Crippen LogP contribution in [0.5, 0.6) is 0 Å². The Kier molecular flexibility index (Phi) is 5.95. The molecule has 0 radical (unpaired) electrons. The summed E-state index contributed by atoms with van der Waals surface area (Å²) in [6.45, 7) is 6.47. The van der Waals surface area contributed by atoms with Gasteiger partial charge in [-0.3, -0.25) is 4.79 Å². The van der Waals surface area contributed by atoms with Crippen LogP contribution in [0.25, 0.3) is 0 Å². The van der Waals surface area contributed by atoms with Crippen molar-refractivity contribution in [3.63, 3.8) is 0 Å². The van der Waals surface area contributed by atoms with Gasteiger partial charge in [-0.25, -0.2) is 0 Å². The van der Waals surface area contributed by atoms with Crippen molar-refractivity contribution in [2.24, 2.45) is 5.92 Å². The highest BCUT2D eigenvalue weighted by atomic mass is 127. The summed E-state index contributed by atoms with van der Waals surface area (Å²) in [5, 5.41) is 3.06. The van der Waals surface area contributed by atoms with E-state index in [0.717, 1.165) is 22.0 Å². The van der Waals surface area contributed by atoms with E-state index in [1.165, 1.54) is 0 Å². The van der Waals surface area contributed by atoms with Crippen molar-refractivity contribution >= 4 is 28.5 Å². The standard InChI is InChI=1S/C14H20INO/c1-4-10(2)9-11(3)16-14(17)12-7-5-6-8-13(12)15/h5-8,10-11H,4,9H2,1-3H3,(H,16,17). The lowest BCUT2D eigenvalue weighted by molar-refractivity contribution is 0.0934. The Morgan fingerprint density at radius 1 is 1.35 bits per heavy atom. The molecular formula is C14H20INO. The van der Waals surface area contributed by atoms with Gasteiger partial charge in [-0.15, -0.1) is 0 Å². The first-order valence-electron chi connectivity index (χ1n) is 6.10. The maximum atomic E-state index is 12.0. The van der Waals surface area contributed by atoms with Crippen molar-refractivity contribution < 1.29 is 4.79 Å². The molecule has 0 fully saturated rings. The first-order valence-corrected chi connectivity index (χ1v) is 7.17. The number of hydrogen-bond donors (Lipinski definition) is 1. The third-order valence-corrected chi connectivity index (χ3v) is 3.89. The number of benzene rings is 1. The molecule has 0 aromatic heterocycles. The highest BCUT2D eigenvalue weighted by molar-refractivity contribution is 14.1. The first-order chi connectivity index (χ1) is 8.04. The maximum absolute atomic E-state index is 12.0. The number of hydrogen-bond acceptors (Lipinski definition) is 1. The Labute approximate surface area is 117 Å². The van der Waals surface area contributed by atoms with Gasteiger partial charge in [0.25, 0.3) is 5.91 Å². The number of nitrogens with one attached hydrogen (secondary N) is 1. The summed E-state index contributed by atoms with van der Waals surface area (Å²) in [6.07, 6.45) is 2.19. The van der Waals surface area contributed by atoms with E-state index in [1.807, 2.05) is 24.3 Å². The van der Waals surface area contributed by atoms with Gasteiger partial charge in [-0.1, -0.05) is 32.4 Å². The molecule has 94 valence electrons. The van der Waals surface area contributed by atoms with Crippen LogP contribution in [0, 0.1) is 9.49 Å². The Bertz CT molecular complexity index is 378. The van der Waals surface area contributed by atoms with Gasteiger partial charge in [0.1, 0.15) is 0 Å². The zero-order valence-electron chi connectivity index (χ0n) is 10.7. The topological polar surface area (TPSA) is 29.1 Å². The molecule has 2 unspecified atom stereocenters. The van der Waals surface area contributed by atoms with Crippen molar-refractivity contribution in [2.75, 3.05) is 0 Å². The molecule has 1 aromatic rings. The highest BCUT2D eigenvalue weighted by Gasteiger charge is 2.13. The Morgan fingerprint density at radius 3 is 2.59 bits per heavy atom. The van der Waals surface area contributed by atoms with E-state index >= 15 is 0 Å². The normalized spacial score (nSPS) is 14.1. The molecule has 3 heteroatoms. The zero-order chi connectivity index (χ0) is 12.8. The summed E-state index contributed by atoms with van der Waals surface area (Å²) < 4.78 is 0.998. The van der Waals surface area contributed by atoms with Crippen LogP contribution >= 0.6 is 22.6 Å². The Balaban J connectivity index is 2.58. The molecule has 0 bridgehead atoms. The molecule has 2 atom stereocenters. The smallest absolute Gasteiger partial charge is 0.252 e. The third-order valence-electron chi connectivity index (χ3n) is 2.95. The number of halogens is 1. The van der Waals surface area contributed by atoms with Gasteiger partial charge < -0.3 is 5.32 Å². The number of amides is 1. The monoisotopic (exact) mass is 345 g/mol. The van der Waals surface area contributed by atoms with Gasteiger partial charge in [0.15, 0.2) is 0 Å². The fourth-order valence-electron chi connectivity index (χ4n) is 1.78. The zero-order valence-corrected chi connectivity index (χ0v) is 12.8. The molecule has 1 rings (SSSR count). The van der Waals surface area contributed by atoms with E-state index in [2.05, 4.69) is 48.7 Å². The van der Waals surface area contributed by atoms with Gasteiger partial charge in [0.2, 0.25) is 0 Å². The molecule has 2 nitrogen and oxygen atoms in total. The van der Waals surface area contributed by atoms with Gasteiger partial charge in [-0.05, 0) is 54.0 Å². The molecule has 1 aromatic carbocycles. The summed E-state index contributed by atoms with van der Waals surface area (Å²) >= 11 is 2.19. The predicted octanol–water partition coefficient (Wildman–Crippen LogP) is 3.85. The van der Waals surface area contributed by atoms with Crippen LogP contribution < -0.4 is 5.32 Å². The minimum absolute atomic E-state index is 0.0332. The van der Waals surface area contributed by atoms with Crippen molar-refractivity contribution in [3.05, 3.63) is 33.4 Å². The van der Waals surface area contributed by atoms with Crippen LogP contribution in [-0.2, 0) is 0 Å². The summed E-state index contributed by atoms with van der Waals surface area (Å²) in [4.78, 5) is 12.0.